The maximum atomic E-state index is 13.2. The standard InChI is InChI=1S/C24H17F3N2O/c1-15-21(23(30)28-18-11-7-10-17(14-18)24(25,26)27)19-12-5-6-13-20(19)29-22(15)16-8-3-2-4-9-16/h2-14H,1H3,(H,28,30). The lowest BCUT2D eigenvalue weighted by atomic mass is 9.97. The van der Waals surface area contributed by atoms with E-state index in [4.69, 9.17) is 4.98 Å². The topological polar surface area (TPSA) is 42.0 Å². The van der Waals surface area contributed by atoms with Gasteiger partial charge in [0.2, 0.25) is 0 Å². The Morgan fingerprint density at radius 2 is 1.60 bits per heavy atom. The Morgan fingerprint density at radius 3 is 2.33 bits per heavy atom. The lowest BCUT2D eigenvalue weighted by Gasteiger charge is -2.15. The van der Waals surface area contributed by atoms with E-state index in [1.165, 1.54) is 12.1 Å². The van der Waals surface area contributed by atoms with Gasteiger partial charge in [-0.3, -0.25) is 4.79 Å². The van der Waals surface area contributed by atoms with Gasteiger partial charge >= 0.3 is 6.18 Å². The van der Waals surface area contributed by atoms with Crippen LogP contribution in [0.15, 0.2) is 78.9 Å². The predicted molar refractivity (Wildman–Crippen MR) is 111 cm³/mol. The maximum absolute atomic E-state index is 13.2. The smallest absolute Gasteiger partial charge is 0.322 e. The van der Waals surface area contributed by atoms with Gasteiger partial charge in [0, 0.05) is 16.6 Å². The summed E-state index contributed by atoms with van der Waals surface area (Å²) in [4.78, 5) is 17.9. The van der Waals surface area contributed by atoms with Crippen molar-refractivity contribution in [3.8, 4) is 11.3 Å². The van der Waals surface area contributed by atoms with Crippen LogP contribution < -0.4 is 5.32 Å². The molecule has 0 atom stereocenters. The summed E-state index contributed by atoms with van der Waals surface area (Å²) in [5.41, 5.74) is 2.45. The van der Waals surface area contributed by atoms with Crippen LogP contribution in [0.2, 0.25) is 0 Å². The summed E-state index contributed by atoms with van der Waals surface area (Å²) < 4.78 is 39.1. The third kappa shape index (κ3) is 3.76. The fourth-order valence-electron chi connectivity index (χ4n) is 3.44. The number of amides is 1. The minimum absolute atomic E-state index is 0.0800. The molecular weight excluding hydrogens is 389 g/mol. The van der Waals surface area contributed by atoms with E-state index in [2.05, 4.69) is 5.32 Å². The largest absolute Gasteiger partial charge is 0.416 e. The number of hydrogen-bond donors (Lipinski definition) is 1. The van der Waals surface area contributed by atoms with Gasteiger partial charge in [0.25, 0.3) is 5.91 Å². The molecule has 4 rings (SSSR count). The number of carbonyl (C=O) groups excluding carboxylic acids is 1. The molecule has 0 unspecified atom stereocenters. The number of alkyl halides is 3. The number of anilines is 1. The number of para-hydroxylation sites is 1. The Labute approximate surface area is 171 Å². The van der Waals surface area contributed by atoms with Crippen molar-refractivity contribution >= 4 is 22.5 Å². The average molecular weight is 406 g/mol. The van der Waals surface area contributed by atoms with Gasteiger partial charge in [0.15, 0.2) is 0 Å². The number of pyridine rings is 1. The average Bonchev–Trinajstić information content (AvgIpc) is 2.73. The van der Waals surface area contributed by atoms with Crippen molar-refractivity contribution in [3.05, 3.63) is 95.6 Å². The lowest BCUT2D eigenvalue weighted by Crippen LogP contribution is -2.16. The maximum Gasteiger partial charge on any atom is 0.416 e. The first-order valence-corrected chi connectivity index (χ1v) is 9.28. The third-order valence-electron chi connectivity index (χ3n) is 4.86. The van der Waals surface area contributed by atoms with Crippen LogP contribution in [0.25, 0.3) is 22.2 Å². The Balaban J connectivity index is 1.82. The van der Waals surface area contributed by atoms with Crippen molar-refractivity contribution in [2.24, 2.45) is 0 Å². The van der Waals surface area contributed by atoms with Crippen LogP contribution >= 0.6 is 0 Å². The molecule has 3 aromatic carbocycles. The van der Waals surface area contributed by atoms with Crippen LogP contribution in [0.1, 0.15) is 21.5 Å². The number of fused-ring (bicyclic) bond motifs is 1. The van der Waals surface area contributed by atoms with Crippen LogP contribution in [0.3, 0.4) is 0 Å². The highest BCUT2D eigenvalue weighted by Gasteiger charge is 2.30. The number of rotatable bonds is 3. The molecule has 0 aliphatic carbocycles. The van der Waals surface area contributed by atoms with E-state index in [-0.39, 0.29) is 5.69 Å². The molecule has 1 aromatic heterocycles. The van der Waals surface area contributed by atoms with Crippen LogP contribution in [-0.2, 0) is 6.18 Å². The molecule has 0 bridgehead atoms. The first-order valence-electron chi connectivity index (χ1n) is 9.28. The molecule has 0 saturated carbocycles. The summed E-state index contributed by atoms with van der Waals surface area (Å²) in [5.74, 6) is -0.484. The van der Waals surface area contributed by atoms with Gasteiger partial charge in [-0.1, -0.05) is 54.6 Å². The first-order chi connectivity index (χ1) is 14.3. The third-order valence-corrected chi connectivity index (χ3v) is 4.86. The molecule has 150 valence electrons. The molecule has 1 heterocycles. The molecular formula is C24H17F3N2O. The Hall–Kier alpha value is -3.67. The fraction of sp³-hybridized carbons (Fsp3) is 0.0833. The quantitative estimate of drug-likeness (QED) is 0.423. The van der Waals surface area contributed by atoms with Gasteiger partial charge in [-0.2, -0.15) is 13.2 Å². The second-order valence-corrected chi connectivity index (χ2v) is 6.88. The minimum Gasteiger partial charge on any atom is -0.322 e. The molecule has 0 aliphatic rings. The van der Waals surface area contributed by atoms with Crippen LogP contribution in [0.4, 0.5) is 18.9 Å². The molecule has 4 aromatic rings. The zero-order valence-corrected chi connectivity index (χ0v) is 16.0. The summed E-state index contributed by atoms with van der Waals surface area (Å²) in [6.07, 6.45) is -4.49. The van der Waals surface area contributed by atoms with Gasteiger partial charge < -0.3 is 5.32 Å². The van der Waals surface area contributed by atoms with E-state index >= 15 is 0 Å². The predicted octanol–water partition coefficient (Wildman–Crippen LogP) is 6.48. The highest BCUT2D eigenvalue weighted by molar-refractivity contribution is 6.14. The number of carbonyl (C=O) groups is 1. The molecule has 0 fully saturated rings. The second kappa shape index (κ2) is 7.63. The van der Waals surface area contributed by atoms with Crippen molar-refractivity contribution < 1.29 is 18.0 Å². The highest BCUT2D eigenvalue weighted by atomic mass is 19.4. The summed E-state index contributed by atoms with van der Waals surface area (Å²) >= 11 is 0. The van der Waals surface area contributed by atoms with E-state index in [1.54, 1.807) is 19.1 Å². The molecule has 3 nitrogen and oxygen atoms in total. The molecule has 30 heavy (non-hydrogen) atoms. The van der Waals surface area contributed by atoms with Crippen molar-refractivity contribution in [3.63, 3.8) is 0 Å². The molecule has 1 amide bonds. The van der Waals surface area contributed by atoms with Crippen LogP contribution in [-0.4, -0.2) is 10.9 Å². The number of aromatic nitrogens is 1. The minimum atomic E-state index is -4.49. The van der Waals surface area contributed by atoms with Crippen molar-refractivity contribution in [1.82, 2.24) is 4.98 Å². The van der Waals surface area contributed by atoms with E-state index in [0.29, 0.717) is 27.7 Å². The Morgan fingerprint density at radius 1 is 0.900 bits per heavy atom. The second-order valence-electron chi connectivity index (χ2n) is 6.88. The molecule has 1 N–H and O–H groups in total. The normalized spacial score (nSPS) is 11.5. The number of nitrogens with one attached hydrogen (secondary N) is 1. The number of nitrogens with zero attached hydrogens (tertiary/aromatic N) is 1. The molecule has 0 spiro atoms. The van der Waals surface area contributed by atoms with E-state index in [9.17, 15) is 18.0 Å². The summed E-state index contributed by atoms with van der Waals surface area (Å²) in [6.45, 7) is 1.79. The highest BCUT2D eigenvalue weighted by Crippen LogP contribution is 2.32. The van der Waals surface area contributed by atoms with E-state index < -0.39 is 17.6 Å². The van der Waals surface area contributed by atoms with Gasteiger partial charge in [0.1, 0.15) is 0 Å². The molecule has 0 aliphatic heterocycles. The number of benzene rings is 3. The van der Waals surface area contributed by atoms with Gasteiger partial charge in [-0.05, 0) is 36.8 Å². The Kier molecular flexibility index (Phi) is 4.99. The van der Waals surface area contributed by atoms with E-state index in [0.717, 1.165) is 17.7 Å². The van der Waals surface area contributed by atoms with E-state index in [1.807, 2.05) is 42.5 Å². The number of halogens is 3. The van der Waals surface area contributed by atoms with Gasteiger partial charge in [-0.25, -0.2) is 4.98 Å². The van der Waals surface area contributed by atoms with Crippen molar-refractivity contribution in [2.75, 3.05) is 5.32 Å². The summed E-state index contributed by atoms with van der Waals surface area (Å²) in [6, 6.07) is 21.3. The fourth-order valence-corrected chi connectivity index (χ4v) is 3.44. The van der Waals surface area contributed by atoms with Gasteiger partial charge in [0.05, 0.1) is 22.3 Å². The zero-order chi connectivity index (χ0) is 21.3. The summed E-state index contributed by atoms with van der Waals surface area (Å²) in [5, 5.41) is 3.25. The number of hydrogen-bond acceptors (Lipinski definition) is 2. The van der Waals surface area contributed by atoms with Crippen LogP contribution in [0.5, 0.6) is 0 Å². The van der Waals surface area contributed by atoms with Crippen molar-refractivity contribution in [2.45, 2.75) is 13.1 Å². The zero-order valence-electron chi connectivity index (χ0n) is 16.0. The Bertz CT molecular complexity index is 1230. The molecule has 6 heteroatoms. The first kappa shape index (κ1) is 19.6. The SMILES string of the molecule is Cc1c(-c2ccccc2)nc2ccccc2c1C(=O)Nc1cccc(C(F)(F)F)c1. The summed E-state index contributed by atoms with van der Waals surface area (Å²) in [7, 11) is 0. The van der Waals surface area contributed by atoms with Crippen LogP contribution in [0, 0.1) is 6.92 Å². The lowest BCUT2D eigenvalue weighted by molar-refractivity contribution is -0.137. The van der Waals surface area contributed by atoms with Crippen molar-refractivity contribution in [1.29, 1.82) is 0 Å². The molecule has 0 saturated heterocycles. The molecule has 0 radical (unpaired) electrons. The van der Waals surface area contributed by atoms with Gasteiger partial charge in [-0.15, -0.1) is 0 Å². The monoisotopic (exact) mass is 406 g/mol.